The average molecular weight is 320 g/mol. The molecule has 1 aliphatic rings. The zero-order chi connectivity index (χ0) is 16.4. The van der Waals surface area contributed by atoms with Crippen LogP contribution in [0.4, 0.5) is 13.2 Å². The maximum atomic E-state index is 12.9. The van der Waals surface area contributed by atoms with Crippen molar-refractivity contribution in [2.45, 2.75) is 31.5 Å². The van der Waals surface area contributed by atoms with E-state index in [1.807, 2.05) is 6.07 Å². The van der Waals surface area contributed by atoms with Gasteiger partial charge in [-0.1, -0.05) is 18.2 Å². The van der Waals surface area contributed by atoms with Gasteiger partial charge in [0.05, 0.1) is 11.1 Å². The van der Waals surface area contributed by atoms with Gasteiger partial charge >= 0.3 is 6.18 Å². The normalized spacial score (nSPS) is 14.6. The van der Waals surface area contributed by atoms with E-state index in [2.05, 4.69) is 10.3 Å². The highest BCUT2D eigenvalue weighted by Gasteiger charge is 2.34. The predicted molar refractivity (Wildman–Crippen MR) is 78.8 cm³/mol. The van der Waals surface area contributed by atoms with E-state index in [0.717, 1.165) is 30.0 Å². The number of hydrogen-bond donors (Lipinski definition) is 1. The summed E-state index contributed by atoms with van der Waals surface area (Å²) < 4.78 is 38.8. The number of carbonyl (C=O) groups is 1. The van der Waals surface area contributed by atoms with E-state index >= 15 is 0 Å². The first-order valence-electron chi connectivity index (χ1n) is 7.33. The lowest BCUT2D eigenvalue weighted by atomic mass is 10.1. The molecule has 120 valence electrons. The molecule has 1 aliphatic carbocycles. The fourth-order valence-electron chi connectivity index (χ4n) is 2.45. The Morgan fingerprint density at radius 1 is 1.22 bits per heavy atom. The van der Waals surface area contributed by atoms with Gasteiger partial charge in [0, 0.05) is 18.9 Å². The van der Waals surface area contributed by atoms with Gasteiger partial charge in [0.2, 0.25) is 0 Å². The molecular weight excluding hydrogens is 305 g/mol. The highest BCUT2D eigenvalue weighted by atomic mass is 19.4. The van der Waals surface area contributed by atoms with E-state index in [1.165, 1.54) is 18.2 Å². The number of benzene rings is 1. The number of nitrogens with zero attached hydrogens (tertiary/aromatic N) is 1. The Balaban J connectivity index is 1.72. The Morgan fingerprint density at radius 3 is 2.65 bits per heavy atom. The molecule has 0 unspecified atom stereocenters. The van der Waals surface area contributed by atoms with Crippen molar-refractivity contribution in [3.05, 3.63) is 65.0 Å². The van der Waals surface area contributed by atoms with Gasteiger partial charge in [0.25, 0.3) is 5.91 Å². The highest BCUT2D eigenvalue weighted by Crippen LogP contribution is 2.39. The second-order valence-electron chi connectivity index (χ2n) is 5.63. The molecule has 1 heterocycles. The molecule has 1 N–H and O–H groups in total. The monoisotopic (exact) mass is 320 g/mol. The number of hydrogen-bond acceptors (Lipinski definition) is 2. The van der Waals surface area contributed by atoms with Crippen molar-refractivity contribution in [3.8, 4) is 0 Å². The van der Waals surface area contributed by atoms with E-state index in [-0.39, 0.29) is 12.1 Å². The van der Waals surface area contributed by atoms with E-state index in [0.29, 0.717) is 5.92 Å². The SMILES string of the molecule is O=C(NCc1cncc(C2CC2)c1)c1ccccc1C(F)(F)F. The fraction of sp³-hybridized carbons (Fsp3) is 0.294. The van der Waals surface area contributed by atoms with Gasteiger partial charge in [0.15, 0.2) is 0 Å². The molecule has 3 rings (SSSR count). The summed E-state index contributed by atoms with van der Waals surface area (Å²) in [5, 5.41) is 2.54. The van der Waals surface area contributed by atoms with Crippen LogP contribution >= 0.6 is 0 Å². The second kappa shape index (κ2) is 6.02. The maximum absolute atomic E-state index is 12.9. The van der Waals surface area contributed by atoms with Gasteiger partial charge in [-0.15, -0.1) is 0 Å². The number of alkyl halides is 3. The summed E-state index contributed by atoms with van der Waals surface area (Å²) in [5.74, 6) is -0.209. The quantitative estimate of drug-likeness (QED) is 0.928. The van der Waals surface area contributed by atoms with E-state index in [1.54, 1.807) is 12.4 Å². The molecule has 23 heavy (non-hydrogen) atoms. The number of aromatic nitrogens is 1. The number of rotatable bonds is 4. The Labute approximate surface area is 131 Å². The number of halogens is 3. The molecule has 6 heteroatoms. The molecular formula is C17H15F3N2O. The van der Waals surface area contributed by atoms with Crippen LogP contribution in [-0.4, -0.2) is 10.9 Å². The molecule has 1 amide bonds. The molecule has 0 aliphatic heterocycles. The number of pyridine rings is 1. The van der Waals surface area contributed by atoms with E-state index in [9.17, 15) is 18.0 Å². The predicted octanol–water partition coefficient (Wildman–Crippen LogP) is 3.91. The maximum Gasteiger partial charge on any atom is 0.417 e. The summed E-state index contributed by atoms with van der Waals surface area (Å²) in [5.41, 5.74) is 0.605. The third-order valence-corrected chi connectivity index (χ3v) is 3.79. The average Bonchev–Trinajstić information content (AvgIpc) is 3.37. The first-order valence-corrected chi connectivity index (χ1v) is 7.33. The van der Waals surface area contributed by atoms with Crippen molar-refractivity contribution in [2.24, 2.45) is 0 Å². The summed E-state index contributed by atoms with van der Waals surface area (Å²) in [6.45, 7) is 0.151. The lowest BCUT2D eigenvalue weighted by Crippen LogP contribution is -2.26. The van der Waals surface area contributed by atoms with Crippen molar-refractivity contribution in [1.29, 1.82) is 0 Å². The van der Waals surface area contributed by atoms with Crippen LogP contribution in [0.5, 0.6) is 0 Å². The number of carbonyl (C=O) groups excluding carboxylic acids is 1. The summed E-state index contributed by atoms with van der Waals surface area (Å²) in [6, 6.07) is 6.71. The first-order chi connectivity index (χ1) is 10.9. The van der Waals surface area contributed by atoms with E-state index < -0.39 is 17.6 Å². The van der Waals surface area contributed by atoms with Gasteiger partial charge < -0.3 is 5.32 Å². The van der Waals surface area contributed by atoms with Crippen LogP contribution in [-0.2, 0) is 12.7 Å². The summed E-state index contributed by atoms with van der Waals surface area (Å²) in [6.07, 6.45) is 1.12. The Kier molecular flexibility index (Phi) is 4.07. The van der Waals surface area contributed by atoms with Crippen LogP contribution in [0.2, 0.25) is 0 Å². The van der Waals surface area contributed by atoms with Crippen molar-refractivity contribution in [3.63, 3.8) is 0 Å². The minimum absolute atomic E-state index is 0.151. The van der Waals surface area contributed by atoms with Crippen LogP contribution < -0.4 is 5.32 Å². The lowest BCUT2D eigenvalue weighted by molar-refractivity contribution is -0.137. The van der Waals surface area contributed by atoms with Gasteiger partial charge in [-0.25, -0.2) is 0 Å². The Hall–Kier alpha value is -2.37. The molecule has 0 atom stereocenters. The fourth-order valence-corrected chi connectivity index (χ4v) is 2.45. The summed E-state index contributed by atoms with van der Waals surface area (Å²) in [7, 11) is 0. The third-order valence-electron chi connectivity index (χ3n) is 3.79. The van der Waals surface area contributed by atoms with Crippen molar-refractivity contribution in [1.82, 2.24) is 10.3 Å². The topological polar surface area (TPSA) is 42.0 Å². The Bertz CT molecular complexity index is 724. The first kappa shape index (κ1) is 15.5. The minimum Gasteiger partial charge on any atom is -0.348 e. The molecule has 1 saturated carbocycles. The van der Waals surface area contributed by atoms with Crippen molar-refractivity contribution >= 4 is 5.91 Å². The molecule has 1 fully saturated rings. The van der Waals surface area contributed by atoms with Crippen molar-refractivity contribution in [2.75, 3.05) is 0 Å². The van der Waals surface area contributed by atoms with Crippen LogP contribution in [0.15, 0.2) is 42.7 Å². The van der Waals surface area contributed by atoms with Gasteiger partial charge in [0.1, 0.15) is 0 Å². The van der Waals surface area contributed by atoms with Gasteiger partial charge in [-0.3, -0.25) is 9.78 Å². The molecule has 0 radical (unpaired) electrons. The minimum atomic E-state index is -4.55. The zero-order valence-corrected chi connectivity index (χ0v) is 12.2. The molecule has 0 saturated heterocycles. The third kappa shape index (κ3) is 3.70. The van der Waals surface area contributed by atoms with Gasteiger partial charge in [-0.05, 0) is 42.0 Å². The molecule has 0 spiro atoms. The summed E-state index contributed by atoms with van der Waals surface area (Å²) in [4.78, 5) is 16.2. The molecule has 1 aromatic heterocycles. The highest BCUT2D eigenvalue weighted by molar-refractivity contribution is 5.95. The lowest BCUT2D eigenvalue weighted by Gasteiger charge is -2.12. The number of nitrogens with one attached hydrogen (secondary N) is 1. The second-order valence-corrected chi connectivity index (χ2v) is 5.63. The van der Waals surface area contributed by atoms with Crippen LogP contribution in [0.25, 0.3) is 0 Å². The van der Waals surface area contributed by atoms with Crippen LogP contribution in [0.3, 0.4) is 0 Å². The largest absolute Gasteiger partial charge is 0.417 e. The Morgan fingerprint density at radius 2 is 1.96 bits per heavy atom. The van der Waals surface area contributed by atoms with Crippen LogP contribution in [0, 0.1) is 0 Å². The molecule has 3 nitrogen and oxygen atoms in total. The molecule has 1 aromatic carbocycles. The smallest absolute Gasteiger partial charge is 0.348 e. The van der Waals surface area contributed by atoms with Crippen LogP contribution in [0.1, 0.15) is 45.8 Å². The number of amides is 1. The van der Waals surface area contributed by atoms with E-state index in [4.69, 9.17) is 0 Å². The van der Waals surface area contributed by atoms with Gasteiger partial charge in [-0.2, -0.15) is 13.2 Å². The van der Waals surface area contributed by atoms with Crippen molar-refractivity contribution < 1.29 is 18.0 Å². The molecule has 0 bridgehead atoms. The standard InChI is InChI=1S/C17H15F3N2O/c18-17(19,20)15-4-2-1-3-14(15)16(23)22-9-11-7-13(10-21-8-11)12-5-6-12/h1-4,7-8,10,12H,5-6,9H2,(H,22,23). The molecule has 2 aromatic rings. The summed E-state index contributed by atoms with van der Waals surface area (Å²) >= 11 is 0. The zero-order valence-electron chi connectivity index (χ0n) is 12.2.